The maximum atomic E-state index is 12.6. The van der Waals surface area contributed by atoms with Gasteiger partial charge in [-0.1, -0.05) is 189 Å². The molecule has 346 valence electrons. The van der Waals surface area contributed by atoms with E-state index in [0.29, 0.717) is 13.0 Å². The minimum atomic E-state index is -4.55. The molecule has 3 atom stereocenters. The maximum absolute atomic E-state index is 12.6. The Morgan fingerprint density at radius 3 is 1.43 bits per heavy atom. The van der Waals surface area contributed by atoms with Crippen LogP contribution in [0, 0.1) is 0 Å². The first-order chi connectivity index (χ1) is 29.3. The van der Waals surface area contributed by atoms with Crippen molar-refractivity contribution in [2.75, 3.05) is 33.0 Å². The Bertz CT molecular complexity index is 1210. The number of unbranched alkanes of at least 4 members (excludes halogenated alkanes) is 17. The minimum absolute atomic E-state index is 0.00429. The van der Waals surface area contributed by atoms with E-state index >= 15 is 0 Å². The number of aliphatic hydroxyl groups excluding tert-OH is 2. The predicted octanol–water partition coefficient (Wildman–Crippen LogP) is 13.5. The van der Waals surface area contributed by atoms with Gasteiger partial charge in [-0.15, -0.1) is 0 Å². The van der Waals surface area contributed by atoms with Gasteiger partial charge in [0.1, 0.15) is 12.2 Å². The lowest BCUT2D eigenvalue weighted by molar-refractivity contribution is -0.153. The molecule has 9 nitrogen and oxygen atoms in total. The first kappa shape index (κ1) is 57.6. The Balaban J connectivity index is 4.17. The third-order valence-corrected chi connectivity index (χ3v) is 10.5. The summed E-state index contributed by atoms with van der Waals surface area (Å²) in [6.07, 6.45) is 57.3. The number of hydrogen-bond donors (Lipinski definition) is 3. The van der Waals surface area contributed by atoms with Crippen LogP contribution in [0.1, 0.15) is 181 Å². The van der Waals surface area contributed by atoms with Crippen LogP contribution in [-0.4, -0.2) is 66.3 Å². The maximum Gasteiger partial charge on any atom is 0.472 e. The normalized spacial score (nSPS) is 14.7. The molecule has 0 rings (SSSR count). The van der Waals surface area contributed by atoms with E-state index in [1.54, 1.807) is 6.08 Å². The zero-order valence-electron chi connectivity index (χ0n) is 37.9. The largest absolute Gasteiger partial charge is 0.472 e. The van der Waals surface area contributed by atoms with Crippen LogP contribution in [-0.2, 0) is 27.9 Å². The van der Waals surface area contributed by atoms with Crippen molar-refractivity contribution in [2.24, 2.45) is 0 Å². The van der Waals surface area contributed by atoms with Gasteiger partial charge >= 0.3 is 13.8 Å². The van der Waals surface area contributed by atoms with Crippen molar-refractivity contribution in [1.82, 2.24) is 0 Å². The molecule has 10 heteroatoms. The summed E-state index contributed by atoms with van der Waals surface area (Å²) < 4.78 is 33.3. The second-order valence-corrected chi connectivity index (χ2v) is 16.9. The number of aliphatic hydroxyl groups is 2. The molecule has 0 spiro atoms. The van der Waals surface area contributed by atoms with Crippen LogP contribution in [0.3, 0.4) is 0 Å². The smallest absolute Gasteiger partial charge is 0.457 e. The molecule has 3 N–H and O–H groups in total. The van der Waals surface area contributed by atoms with Crippen molar-refractivity contribution >= 4 is 13.8 Å². The van der Waals surface area contributed by atoms with Crippen LogP contribution in [0.2, 0.25) is 0 Å². The third-order valence-electron chi connectivity index (χ3n) is 9.60. The van der Waals surface area contributed by atoms with Gasteiger partial charge < -0.3 is 24.6 Å². The topological polar surface area (TPSA) is 132 Å². The molecule has 0 saturated carbocycles. The highest BCUT2D eigenvalue weighted by molar-refractivity contribution is 7.47. The average Bonchev–Trinajstić information content (AvgIpc) is 3.24. The number of phosphoric ester groups is 1. The van der Waals surface area contributed by atoms with Crippen molar-refractivity contribution in [3.05, 3.63) is 85.1 Å². The Labute approximate surface area is 366 Å². The van der Waals surface area contributed by atoms with Crippen LogP contribution < -0.4 is 0 Å². The zero-order valence-corrected chi connectivity index (χ0v) is 38.8. The Kier molecular flexibility index (Phi) is 44.3. The van der Waals surface area contributed by atoms with E-state index in [1.165, 1.54) is 103 Å². The number of hydrogen-bond acceptors (Lipinski definition) is 8. The highest BCUT2D eigenvalue weighted by Crippen LogP contribution is 2.43. The Morgan fingerprint density at radius 2 is 0.950 bits per heavy atom. The number of rotatable bonds is 44. The van der Waals surface area contributed by atoms with Crippen molar-refractivity contribution in [3.63, 3.8) is 0 Å². The first-order valence-electron chi connectivity index (χ1n) is 23.6. The fourth-order valence-corrected chi connectivity index (χ4v) is 6.84. The van der Waals surface area contributed by atoms with Crippen LogP contribution in [0.15, 0.2) is 85.1 Å². The second kappa shape index (κ2) is 46.2. The summed E-state index contributed by atoms with van der Waals surface area (Å²) in [6, 6.07) is 0. The van der Waals surface area contributed by atoms with E-state index < -0.39 is 45.8 Å². The van der Waals surface area contributed by atoms with Gasteiger partial charge in [0.15, 0.2) is 0 Å². The fraction of sp³-hybridized carbons (Fsp3) is 0.700. The lowest BCUT2D eigenvalue weighted by atomic mass is 10.0. The van der Waals surface area contributed by atoms with E-state index in [9.17, 15) is 19.4 Å². The molecule has 0 aromatic heterocycles. The van der Waals surface area contributed by atoms with Crippen LogP contribution >= 0.6 is 7.82 Å². The lowest BCUT2D eigenvalue weighted by Gasteiger charge is -2.20. The van der Waals surface area contributed by atoms with Crippen molar-refractivity contribution in [2.45, 2.75) is 193 Å². The quantitative estimate of drug-likeness (QED) is 0.0237. The monoisotopic (exact) mass is 863 g/mol. The minimum Gasteiger partial charge on any atom is -0.457 e. The number of carbonyl (C=O) groups is 1. The molecule has 0 bridgehead atoms. The van der Waals surface area contributed by atoms with Gasteiger partial charge in [0, 0.05) is 6.61 Å². The van der Waals surface area contributed by atoms with Gasteiger partial charge in [-0.2, -0.15) is 0 Å². The summed E-state index contributed by atoms with van der Waals surface area (Å²) in [7, 11) is -4.55. The number of carbonyl (C=O) groups excluding carboxylic acids is 1. The van der Waals surface area contributed by atoms with Gasteiger partial charge in [-0.05, 0) is 70.6 Å². The molecule has 0 heterocycles. The molecule has 0 radical (unpaired) electrons. The third kappa shape index (κ3) is 45.2. The summed E-state index contributed by atoms with van der Waals surface area (Å²) in [5.41, 5.74) is 0. The van der Waals surface area contributed by atoms with Crippen molar-refractivity contribution < 1.29 is 43.0 Å². The van der Waals surface area contributed by atoms with E-state index in [2.05, 4.69) is 80.7 Å². The van der Waals surface area contributed by atoms with Gasteiger partial charge in [0.2, 0.25) is 0 Å². The summed E-state index contributed by atoms with van der Waals surface area (Å²) in [5.74, 6) is -0.511. The molecule has 0 aromatic carbocycles. The number of ether oxygens (including phenoxy) is 2. The molecule has 0 amide bonds. The molecule has 0 saturated heterocycles. The van der Waals surface area contributed by atoms with Gasteiger partial charge in [0.05, 0.1) is 32.8 Å². The molecule has 0 aliphatic rings. The molecule has 3 unspecified atom stereocenters. The Hall–Kier alpha value is -2.36. The highest BCUT2D eigenvalue weighted by Gasteiger charge is 2.26. The number of esters is 1. The van der Waals surface area contributed by atoms with Crippen molar-refractivity contribution in [1.29, 1.82) is 0 Å². The van der Waals surface area contributed by atoms with Crippen LogP contribution in [0.25, 0.3) is 0 Å². The van der Waals surface area contributed by atoms with Crippen molar-refractivity contribution in [3.8, 4) is 0 Å². The molecule has 0 aliphatic heterocycles. The first-order valence-corrected chi connectivity index (χ1v) is 25.1. The lowest BCUT2D eigenvalue weighted by Crippen LogP contribution is -2.28. The van der Waals surface area contributed by atoms with E-state index in [1.807, 2.05) is 12.2 Å². The molecular formula is C50H87O9P. The average molecular weight is 863 g/mol. The molecule has 60 heavy (non-hydrogen) atoms. The van der Waals surface area contributed by atoms with Gasteiger partial charge in [0.25, 0.3) is 0 Å². The molecule has 0 aliphatic carbocycles. The fourth-order valence-electron chi connectivity index (χ4n) is 6.05. The summed E-state index contributed by atoms with van der Waals surface area (Å²) in [6.45, 7) is 3.25. The molecule has 0 aromatic rings. The number of allylic oxidation sites excluding steroid dienone is 13. The second-order valence-electron chi connectivity index (χ2n) is 15.4. The molecule has 0 fully saturated rings. The van der Waals surface area contributed by atoms with Crippen LogP contribution in [0.4, 0.5) is 0 Å². The SMILES string of the molecule is CC/C=C\C/C=C\C/C=C\C/C=C\C/C=C\CC(=O)OC(COCCCCCCCCCCCCCC/C=C\C/C=C\CCCCCCC)COP(=O)(O)OCC(O)CO. The number of phosphoric acid groups is 1. The summed E-state index contributed by atoms with van der Waals surface area (Å²) in [4.78, 5) is 22.5. The van der Waals surface area contributed by atoms with E-state index in [0.717, 1.165) is 51.4 Å². The summed E-state index contributed by atoms with van der Waals surface area (Å²) >= 11 is 0. The highest BCUT2D eigenvalue weighted by atomic mass is 31.2. The predicted molar refractivity (Wildman–Crippen MR) is 251 cm³/mol. The molecular weight excluding hydrogens is 776 g/mol. The standard InChI is InChI=1S/C50H87O9P/c1-3-5-7-9-11-13-15-17-19-20-21-22-23-24-25-26-27-29-31-33-35-37-39-41-43-56-46-49(47-58-60(54,55)57-45-48(52)44-51)59-50(53)42-40-38-36-34-32-30-28-18-16-14-12-10-8-6-4-2/h6,8,12,14-15,17-18,20-21,28,32,34,38,40,48-49,51-52H,3-5,7,9-11,13,16,19,22-27,29-31,33,35-37,39,41-47H2,1-2H3,(H,54,55)/b8-6-,14-12-,17-15-,21-20-,28-18-,34-32-,40-38-. The van der Waals surface area contributed by atoms with Gasteiger partial charge in [-0.3, -0.25) is 13.8 Å². The zero-order chi connectivity index (χ0) is 43.9. The van der Waals surface area contributed by atoms with E-state index in [-0.39, 0.29) is 13.0 Å². The Morgan fingerprint density at radius 1 is 0.533 bits per heavy atom. The van der Waals surface area contributed by atoms with Gasteiger partial charge in [-0.25, -0.2) is 4.57 Å². The van der Waals surface area contributed by atoms with Crippen LogP contribution in [0.5, 0.6) is 0 Å². The van der Waals surface area contributed by atoms with E-state index in [4.69, 9.17) is 23.6 Å². The summed E-state index contributed by atoms with van der Waals surface area (Å²) in [5, 5.41) is 18.4.